The molecule has 0 fully saturated rings. The van der Waals surface area contributed by atoms with Crippen LogP contribution in [0.5, 0.6) is 0 Å². The lowest BCUT2D eigenvalue weighted by Crippen LogP contribution is -2.07. The molecule has 0 aliphatic carbocycles. The second kappa shape index (κ2) is 7.02. The Bertz CT molecular complexity index is 185. The second-order valence-electron chi connectivity index (χ2n) is 3.24. The molecule has 0 rings (SSSR count). The average molecular weight is 202 g/mol. The van der Waals surface area contributed by atoms with Gasteiger partial charge in [0.05, 0.1) is 0 Å². The molecule has 0 aromatic rings. The highest BCUT2D eigenvalue weighted by molar-refractivity contribution is 6.29. The van der Waals surface area contributed by atoms with Crippen LogP contribution in [0, 0.1) is 0 Å². The maximum Gasteiger partial charge on any atom is 0.0372 e. The smallest absolute Gasteiger partial charge is 0.0372 e. The van der Waals surface area contributed by atoms with Crippen LogP contribution in [0.1, 0.15) is 39.5 Å². The molecule has 0 bridgehead atoms. The first-order chi connectivity index (χ1) is 6.13. The lowest BCUT2D eigenvalue weighted by atomic mass is 10.2. The van der Waals surface area contributed by atoms with Crippen molar-refractivity contribution in [3.05, 3.63) is 23.5 Å². The molecule has 0 saturated heterocycles. The minimum atomic E-state index is 0.954. The van der Waals surface area contributed by atoms with Gasteiger partial charge in [-0.15, -0.1) is 0 Å². The minimum absolute atomic E-state index is 0.954. The van der Waals surface area contributed by atoms with E-state index in [2.05, 4.69) is 13.5 Å². The van der Waals surface area contributed by atoms with E-state index in [0.29, 0.717) is 0 Å². The van der Waals surface area contributed by atoms with E-state index in [4.69, 9.17) is 11.6 Å². The number of hydrogen-bond donors (Lipinski definition) is 0. The number of rotatable bonds is 6. The van der Waals surface area contributed by atoms with E-state index in [9.17, 15) is 0 Å². The monoisotopic (exact) mass is 201 g/mol. The van der Waals surface area contributed by atoms with Gasteiger partial charge >= 0.3 is 0 Å². The quantitative estimate of drug-likeness (QED) is 0.585. The van der Waals surface area contributed by atoms with Crippen molar-refractivity contribution in [1.82, 2.24) is 4.90 Å². The summed E-state index contributed by atoms with van der Waals surface area (Å²) in [5.74, 6) is 0. The van der Waals surface area contributed by atoms with Gasteiger partial charge < -0.3 is 4.90 Å². The molecule has 0 spiro atoms. The average Bonchev–Trinajstić information content (AvgIpc) is 2.15. The van der Waals surface area contributed by atoms with Crippen LogP contribution in [-0.2, 0) is 0 Å². The van der Waals surface area contributed by atoms with Crippen LogP contribution >= 0.6 is 11.6 Å². The predicted octanol–water partition coefficient (Wildman–Crippen LogP) is 4.11. The van der Waals surface area contributed by atoms with Gasteiger partial charge in [0.2, 0.25) is 0 Å². The molecule has 0 heterocycles. The Hall–Kier alpha value is -0.430. The van der Waals surface area contributed by atoms with Gasteiger partial charge in [-0.1, -0.05) is 37.9 Å². The number of nitrogens with zero attached hydrogens (tertiary/aromatic N) is 1. The zero-order valence-electron chi connectivity index (χ0n) is 8.94. The van der Waals surface area contributed by atoms with E-state index >= 15 is 0 Å². The highest BCUT2D eigenvalue weighted by atomic mass is 35.5. The van der Waals surface area contributed by atoms with Crippen LogP contribution in [0.15, 0.2) is 23.5 Å². The van der Waals surface area contributed by atoms with Crippen molar-refractivity contribution >= 4 is 11.6 Å². The Morgan fingerprint density at radius 3 is 2.54 bits per heavy atom. The summed E-state index contributed by atoms with van der Waals surface area (Å²) in [4.78, 5) is 1.95. The molecule has 0 aromatic carbocycles. The van der Waals surface area contributed by atoms with Crippen LogP contribution < -0.4 is 0 Å². The molecule has 0 unspecified atom stereocenters. The SMILES string of the molecule is C=CN(C)/C(C)=C(\Cl)CCCCC. The normalized spacial score (nSPS) is 12.3. The molecule has 0 N–H and O–H groups in total. The molecule has 0 saturated carbocycles. The Labute approximate surface area is 87.1 Å². The van der Waals surface area contributed by atoms with Gasteiger partial charge in [-0.2, -0.15) is 0 Å². The Morgan fingerprint density at radius 1 is 1.46 bits per heavy atom. The van der Waals surface area contributed by atoms with Gasteiger partial charge in [-0.3, -0.25) is 0 Å². The third-order valence-corrected chi connectivity index (χ3v) is 2.66. The van der Waals surface area contributed by atoms with Gasteiger partial charge in [-0.05, 0) is 26.0 Å². The molecule has 0 aliphatic heterocycles. The largest absolute Gasteiger partial charge is 0.354 e. The number of halogens is 1. The van der Waals surface area contributed by atoms with Gasteiger partial charge in [0.1, 0.15) is 0 Å². The number of unbranched alkanes of at least 4 members (excludes halogenated alkanes) is 2. The van der Waals surface area contributed by atoms with Crippen LogP contribution in [-0.4, -0.2) is 11.9 Å². The van der Waals surface area contributed by atoms with Gasteiger partial charge in [-0.25, -0.2) is 0 Å². The van der Waals surface area contributed by atoms with Gasteiger partial charge in [0.25, 0.3) is 0 Å². The fourth-order valence-corrected chi connectivity index (χ4v) is 1.31. The van der Waals surface area contributed by atoms with E-state index in [1.54, 1.807) is 6.20 Å². The third-order valence-electron chi connectivity index (χ3n) is 2.20. The standard InChI is InChI=1S/C11H20ClN/c1-5-7-8-9-11(12)10(3)13(4)6-2/h6H,2,5,7-9H2,1,3-4H3/b11-10-. The summed E-state index contributed by atoms with van der Waals surface area (Å²) in [6, 6.07) is 0. The van der Waals surface area contributed by atoms with E-state index in [-0.39, 0.29) is 0 Å². The molecule has 1 nitrogen and oxygen atoms in total. The molecular weight excluding hydrogens is 182 g/mol. The summed E-state index contributed by atoms with van der Waals surface area (Å²) >= 11 is 6.13. The molecule has 0 amide bonds. The summed E-state index contributed by atoms with van der Waals surface area (Å²) in [6.45, 7) is 7.91. The summed E-state index contributed by atoms with van der Waals surface area (Å²) in [6.07, 6.45) is 6.43. The molecule has 0 atom stereocenters. The Morgan fingerprint density at radius 2 is 2.08 bits per heavy atom. The van der Waals surface area contributed by atoms with E-state index in [1.807, 2.05) is 18.9 Å². The van der Waals surface area contributed by atoms with Gasteiger partial charge in [0.15, 0.2) is 0 Å². The first-order valence-electron chi connectivity index (χ1n) is 4.84. The summed E-state index contributed by atoms with van der Waals surface area (Å²) in [5.41, 5.74) is 1.10. The van der Waals surface area contributed by atoms with Crippen LogP contribution in [0.25, 0.3) is 0 Å². The molecular formula is C11H20ClN. The van der Waals surface area contributed by atoms with Crippen molar-refractivity contribution < 1.29 is 0 Å². The topological polar surface area (TPSA) is 3.24 Å². The maximum atomic E-state index is 6.13. The van der Waals surface area contributed by atoms with Crippen molar-refractivity contribution in [1.29, 1.82) is 0 Å². The van der Waals surface area contributed by atoms with Crippen molar-refractivity contribution in [2.45, 2.75) is 39.5 Å². The number of hydrogen-bond acceptors (Lipinski definition) is 1. The highest BCUT2D eigenvalue weighted by Crippen LogP contribution is 2.19. The molecule has 0 aromatic heterocycles. The van der Waals surface area contributed by atoms with Crippen molar-refractivity contribution in [2.75, 3.05) is 7.05 Å². The number of allylic oxidation sites excluding steroid dienone is 2. The summed E-state index contributed by atoms with van der Waals surface area (Å²) < 4.78 is 0. The zero-order valence-corrected chi connectivity index (χ0v) is 9.69. The lowest BCUT2D eigenvalue weighted by molar-refractivity contribution is 0.562. The van der Waals surface area contributed by atoms with E-state index < -0.39 is 0 Å². The van der Waals surface area contributed by atoms with Crippen LogP contribution in [0.3, 0.4) is 0 Å². The molecule has 0 radical (unpaired) electrons. The van der Waals surface area contributed by atoms with Crippen LogP contribution in [0.2, 0.25) is 0 Å². The first kappa shape index (κ1) is 12.6. The third kappa shape index (κ3) is 4.99. The first-order valence-corrected chi connectivity index (χ1v) is 5.21. The molecule has 13 heavy (non-hydrogen) atoms. The second-order valence-corrected chi connectivity index (χ2v) is 3.70. The molecule has 0 aliphatic rings. The zero-order chi connectivity index (χ0) is 10.3. The van der Waals surface area contributed by atoms with E-state index in [1.165, 1.54) is 19.3 Å². The lowest BCUT2D eigenvalue weighted by Gasteiger charge is -2.15. The Kier molecular flexibility index (Phi) is 6.79. The van der Waals surface area contributed by atoms with Crippen molar-refractivity contribution in [3.63, 3.8) is 0 Å². The minimum Gasteiger partial charge on any atom is -0.354 e. The highest BCUT2D eigenvalue weighted by Gasteiger charge is 2.01. The van der Waals surface area contributed by atoms with Gasteiger partial charge in [0, 0.05) is 17.8 Å². The van der Waals surface area contributed by atoms with Crippen LogP contribution in [0.4, 0.5) is 0 Å². The summed E-state index contributed by atoms with van der Waals surface area (Å²) in [7, 11) is 1.96. The van der Waals surface area contributed by atoms with Crippen molar-refractivity contribution in [3.8, 4) is 0 Å². The fraction of sp³-hybridized carbons (Fsp3) is 0.636. The predicted molar refractivity (Wildman–Crippen MR) is 60.7 cm³/mol. The Balaban J connectivity index is 4.02. The summed E-state index contributed by atoms with van der Waals surface area (Å²) in [5, 5.41) is 0.954. The fourth-order valence-electron chi connectivity index (χ4n) is 1.04. The van der Waals surface area contributed by atoms with Crippen molar-refractivity contribution in [2.24, 2.45) is 0 Å². The molecule has 76 valence electrons. The van der Waals surface area contributed by atoms with E-state index in [0.717, 1.165) is 17.2 Å². The molecule has 2 heteroatoms. The maximum absolute atomic E-state index is 6.13.